The molecule has 7 heteroatoms. The zero-order valence-electron chi connectivity index (χ0n) is 10.9. The van der Waals surface area contributed by atoms with Crippen molar-refractivity contribution in [3.8, 4) is 0 Å². The Labute approximate surface area is 136 Å². The second-order valence-corrected chi connectivity index (χ2v) is 7.89. The van der Waals surface area contributed by atoms with Crippen LogP contribution in [0.1, 0.15) is 11.1 Å². The number of hydrogen-bond acceptors (Lipinski definition) is 3. The number of pyridine rings is 1. The van der Waals surface area contributed by atoms with E-state index in [0.717, 1.165) is 0 Å². The first-order chi connectivity index (χ1) is 9.95. The van der Waals surface area contributed by atoms with Gasteiger partial charge >= 0.3 is 0 Å². The number of halogens is 2. The van der Waals surface area contributed by atoms with Crippen molar-refractivity contribution in [1.82, 2.24) is 9.71 Å². The molecule has 110 valence electrons. The van der Waals surface area contributed by atoms with Gasteiger partial charge in [-0.1, -0.05) is 35.9 Å². The van der Waals surface area contributed by atoms with E-state index in [-0.39, 0.29) is 16.1 Å². The van der Waals surface area contributed by atoms with Crippen LogP contribution < -0.4 is 4.72 Å². The van der Waals surface area contributed by atoms with Crippen LogP contribution in [-0.2, 0) is 22.9 Å². The van der Waals surface area contributed by atoms with Crippen LogP contribution in [0.3, 0.4) is 0 Å². The number of fused-ring (bicyclic) bond motifs is 1. The molecule has 0 aliphatic heterocycles. The molecule has 0 amide bonds. The fraction of sp³-hybridized carbons (Fsp3) is 0.214. The molecule has 1 aromatic carbocycles. The quantitative estimate of drug-likeness (QED) is 0.824. The molecule has 1 aromatic heterocycles. The van der Waals surface area contributed by atoms with Gasteiger partial charge in [-0.3, -0.25) is 0 Å². The fourth-order valence-corrected chi connectivity index (χ4v) is 4.70. The van der Waals surface area contributed by atoms with Crippen molar-refractivity contribution in [2.45, 2.75) is 23.8 Å². The summed E-state index contributed by atoms with van der Waals surface area (Å²) >= 11 is 9.12. The average Bonchev–Trinajstić information content (AvgIpc) is 2.82. The Morgan fingerprint density at radius 2 is 1.86 bits per heavy atom. The van der Waals surface area contributed by atoms with E-state index >= 15 is 0 Å². The number of sulfonamides is 1. The Morgan fingerprint density at radius 1 is 1.24 bits per heavy atom. The summed E-state index contributed by atoms with van der Waals surface area (Å²) in [5, 5.41) is -0.0267. The Hall–Kier alpha value is -0.950. The molecule has 1 N–H and O–H groups in total. The number of rotatable bonds is 3. The Morgan fingerprint density at radius 3 is 2.48 bits per heavy atom. The van der Waals surface area contributed by atoms with Crippen molar-refractivity contribution in [1.29, 1.82) is 0 Å². The number of hydrogen-bond donors (Lipinski definition) is 1. The van der Waals surface area contributed by atoms with E-state index in [9.17, 15) is 8.42 Å². The fourth-order valence-electron chi connectivity index (χ4n) is 2.52. The molecule has 4 nitrogen and oxygen atoms in total. The lowest BCUT2D eigenvalue weighted by Gasteiger charge is -2.13. The van der Waals surface area contributed by atoms with Gasteiger partial charge in [-0.15, -0.1) is 0 Å². The predicted octanol–water partition coefficient (Wildman–Crippen LogP) is 2.94. The lowest BCUT2D eigenvalue weighted by molar-refractivity contribution is 0.555. The topological polar surface area (TPSA) is 59.1 Å². The Bertz CT molecular complexity index is 770. The molecule has 1 aliphatic carbocycles. The predicted molar refractivity (Wildman–Crippen MR) is 84.9 cm³/mol. The SMILES string of the molecule is O=S(=O)(NC1Cc2ccccc2C1)c1cc(Br)cnc1Cl. The van der Waals surface area contributed by atoms with Crippen LogP contribution in [0.5, 0.6) is 0 Å². The zero-order valence-corrected chi connectivity index (χ0v) is 14.0. The summed E-state index contributed by atoms with van der Waals surface area (Å²) in [5.74, 6) is 0. The maximum Gasteiger partial charge on any atom is 0.243 e. The van der Waals surface area contributed by atoms with E-state index in [1.165, 1.54) is 23.4 Å². The highest BCUT2D eigenvalue weighted by Gasteiger charge is 2.28. The normalized spacial score (nSPS) is 15.1. The number of benzene rings is 1. The lowest BCUT2D eigenvalue weighted by atomic mass is 10.1. The second kappa shape index (κ2) is 5.68. The summed E-state index contributed by atoms with van der Waals surface area (Å²) in [4.78, 5) is 3.85. The van der Waals surface area contributed by atoms with Crippen LogP contribution >= 0.6 is 27.5 Å². The van der Waals surface area contributed by atoms with Gasteiger partial charge in [0.1, 0.15) is 10.0 Å². The van der Waals surface area contributed by atoms with Gasteiger partial charge in [0.2, 0.25) is 10.0 Å². The van der Waals surface area contributed by atoms with Gasteiger partial charge in [0.15, 0.2) is 0 Å². The van der Waals surface area contributed by atoms with Crippen molar-refractivity contribution in [3.63, 3.8) is 0 Å². The maximum atomic E-state index is 12.5. The molecule has 0 saturated carbocycles. The summed E-state index contributed by atoms with van der Waals surface area (Å²) < 4.78 is 28.2. The molecule has 0 spiro atoms. The van der Waals surface area contributed by atoms with Crippen LogP contribution in [0.4, 0.5) is 0 Å². The van der Waals surface area contributed by atoms with Crippen molar-refractivity contribution in [2.24, 2.45) is 0 Å². The molecule has 0 saturated heterocycles. The molecule has 0 unspecified atom stereocenters. The minimum absolute atomic E-state index is 0.00509. The van der Waals surface area contributed by atoms with Crippen molar-refractivity contribution >= 4 is 37.6 Å². The van der Waals surface area contributed by atoms with E-state index in [1.54, 1.807) is 0 Å². The standard InChI is InChI=1S/C14H12BrClN2O2S/c15-11-7-13(14(16)17-8-11)21(19,20)18-12-5-9-3-1-2-4-10(9)6-12/h1-4,7-8,12,18H,5-6H2. The second-order valence-electron chi connectivity index (χ2n) is 4.94. The van der Waals surface area contributed by atoms with Crippen LogP contribution in [0, 0.1) is 0 Å². The van der Waals surface area contributed by atoms with Gasteiger partial charge in [0, 0.05) is 16.7 Å². The van der Waals surface area contributed by atoms with Crippen molar-refractivity contribution < 1.29 is 8.42 Å². The number of nitrogens with zero attached hydrogens (tertiary/aromatic N) is 1. The summed E-state index contributed by atoms with van der Waals surface area (Å²) in [5.41, 5.74) is 2.37. The number of nitrogens with one attached hydrogen (secondary N) is 1. The molecule has 0 radical (unpaired) electrons. The van der Waals surface area contributed by atoms with Gasteiger partial charge in [-0.25, -0.2) is 18.1 Å². The molecule has 2 aromatic rings. The first-order valence-electron chi connectivity index (χ1n) is 6.36. The minimum atomic E-state index is -3.69. The summed E-state index contributed by atoms with van der Waals surface area (Å²) in [7, 11) is -3.69. The summed E-state index contributed by atoms with van der Waals surface area (Å²) in [6.07, 6.45) is 2.84. The Balaban J connectivity index is 1.84. The van der Waals surface area contributed by atoms with Gasteiger partial charge in [-0.2, -0.15) is 0 Å². The van der Waals surface area contributed by atoms with Gasteiger partial charge in [0.05, 0.1) is 0 Å². The molecule has 0 bridgehead atoms. The molecule has 1 aliphatic rings. The third-order valence-corrected chi connectivity index (χ3v) is 5.82. The monoisotopic (exact) mass is 386 g/mol. The van der Waals surface area contributed by atoms with Crippen LogP contribution in [-0.4, -0.2) is 19.4 Å². The van der Waals surface area contributed by atoms with E-state index in [4.69, 9.17) is 11.6 Å². The smallest absolute Gasteiger partial charge is 0.242 e. The van der Waals surface area contributed by atoms with Crippen LogP contribution in [0.2, 0.25) is 5.15 Å². The van der Waals surface area contributed by atoms with Gasteiger partial charge in [0.25, 0.3) is 0 Å². The first-order valence-corrected chi connectivity index (χ1v) is 9.01. The van der Waals surface area contributed by atoms with E-state index in [0.29, 0.717) is 17.3 Å². The largest absolute Gasteiger partial charge is 0.243 e. The van der Waals surface area contributed by atoms with E-state index in [1.807, 2.05) is 24.3 Å². The van der Waals surface area contributed by atoms with Crippen LogP contribution in [0.15, 0.2) is 45.9 Å². The molecule has 3 rings (SSSR count). The maximum absolute atomic E-state index is 12.5. The van der Waals surface area contributed by atoms with E-state index in [2.05, 4.69) is 25.6 Å². The third-order valence-electron chi connectivity index (χ3n) is 3.44. The van der Waals surface area contributed by atoms with Gasteiger partial charge in [-0.05, 0) is 46.0 Å². The third kappa shape index (κ3) is 3.13. The highest BCUT2D eigenvalue weighted by molar-refractivity contribution is 9.10. The molecule has 0 fully saturated rings. The molecular formula is C14H12BrClN2O2S. The van der Waals surface area contributed by atoms with E-state index < -0.39 is 10.0 Å². The number of aromatic nitrogens is 1. The first kappa shape index (κ1) is 15.0. The summed E-state index contributed by atoms with van der Waals surface area (Å²) in [6, 6.07) is 9.28. The highest BCUT2D eigenvalue weighted by Crippen LogP contribution is 2.26. The highest BCUT2D eigenvalue weighted by atomic mass is 79.9. The zero-order chi connectivity index (χ0) is 15.0. The average molecular weight is 388 g/mol. The Kier molecular flexibility index (Phi) is 4.05. The lowest BCUT2D eigenvalue weighted by Crippen LogP contribution is -2.35. The van der Waals surface area contributed by atoms with Gasteiger partial charge < -0.3 is 0 Å². The molecule has 21 heavy (non-hydrogen) atoms. The van der Waals surface area contributed by atoms with Crippen molar-refractivity contribution in [3.05, 3.63) is 57.3 Å². The minimum Gasteiger partial charge on any atom is -0.242 e. The summed E-state index contributed by atoms with van der Waals surface area (Å²) in [6.45, 7) is 0. The molecule has 1 heterocycles. The van der Waals surface area contributed by atoms with Crippen molar-refractivity contribution in [2.75, 3.05) is 0 Å². The molecule has 0 atom stereocenters. The van der Waals surface area contributed by atoms with Crippen LogP contribution in [0.25, 0.3) is 0 Å². The molecular weight excluding hydrogens is 376 g/mol.